The molecule has 0 N–H and O–H groups in total. The van der Waals surface area contributed by atoms with Crippen LogP contribution in [-0.4, -0.2) is 52.6 Å². The summed E-state index contributed by atoms with van der Waals surface area (Å²) in [6.07, 6.45) is -14.6. The molecule has 0 heterocycles. The van der Waals surface area contributed by atoms with Crippen LogP contribution in [0.5, 0.6) is 0 Å². The maximum atomic E-state index is 15.1. The maximum absolute atomic E-state index is 15.1. The van der Waals surface area contributed by atoms with Crippen LogP contribution in [0.25, 0.3) is 0 Å². The molecule has 0 bridgehead atoms. The number of unbranched alkanes of at least 4 members (excludes halogenated alkanes) is 6. The van der Waals surface area contributed by atoms with E-state index in [1.807, 2.05) is 13.8 Å². The van der Waals surface area contributed by atoms with Crippen LogP contribution in [0.2, 0.25) is 0 Å². The predicted octanol–water partition coefficient (Wildman–Crippen LogP) is 8.66. The average Bonchev–Trinajstić information content (AvgIpc) is 2.68. The van der Waals surface area contributed by atoms with Gasteiger partial charge in [0.2, 0.25) is 0 Å². The minimum absolute atomic E-state index is 0.0659. The molecule has 0 aromatic rings. The van der Waals surface area contributed by atoms with Crippen molar-refractivity contribution in [2.24, 2.45) is 0 Å². The van der Waals surface area contributed by atoms with Crippen molar-refractivity contribution in [3.8, 4) is 0 Å². The fourth-order valence-electron chi connectivity index (χ4n) is 3.15. The molecule has 0 aliphatic heterocycles. The quantitative estimate of drug-likeness (QED) is 0.0874. The summed E-state index contributed by atoms with van der Waals surface area (Å²) >= 11 is -7.26. The van der Waals surface area contributed by atoms with Crippen LogP contribution in [0.4, 0.5) is 43.9 Å². The van der Waals surface area contributed by atoms with Crippen LogP contribution in [0, 0.1) is 0 Å². The summed E-state index contributed by atoms with van der Waals surface area (Å²) in [6, 6.07) is 0. The zero-order valence-electron chi connectivity index (χ0n) is 19.0. The Bertz CT molecular complexity index is 478. The predicted molar refractivity (Wildman–Crippen MR) is 106 cm³/mol. The van der Waals surface area contributed by atoms with Gasteiger partial charge < -0.3 is 0 Å². The second kappa shape index (κ2) is 14.5. The van der Waals surface area contributed by atoms with Gasteiger partial charge in [-0.3, -0.25) is 0 Å². The van der Waals surface area contributed by atoms with Gasteiger partial charge in [0.1, 0.15) is 0 Å². The van der Waals surface area contributed by atoms with Crippen LogP contribution in [-0.2, 0) is 6.15 Å². The normalized spacial score (nSPS) is 14.2. The standard InChI is InChI=1S/2C6H13O.2C4H4F5.Sn/c2*1-2-3-4-5-6-7;2*5-3(6)1-2-4(7,8)9;/h2*2-6H2,1H3;2*1-2H2;/q2*-1;;;+2. The van der Waals surface area contributed by atoms with E-state index in [-0.39, 0.29) is 12.8 Å². The number of halogens is 10. The number of hydrogen-bond donors (Lipinski definition) is 0. The van der Waals surface area contributed by atoms with Gasteiger partial charge in [0.15, 0.2) is 0 Å². The second-order valence-corrected chi connectivity index (χ2v) is 17.4. The molecule has 0 saturated carbocycles. The van der Waals surface area contributed by atoms with Crippen LogP contribution >= 0.6 is 0 Å². The summed E-state index contributed by atoms with van der Waals surface area (Å²) in [7, 11) is 0. The van der Waals surface area contributed by atoms with E-state index < -0.39 is 78.3 Å². The molecule has 0 aromatic carbocycles. The molecule has 0 aromatic heterocycles. The van der Waals surface area contributed by atoms with Gasteiger partial charge in [-0.2, -0.15) is 0 Å². The van der Waals surface area contributed by atoms with Crippen LogP contribution < -0.4 is 0 Å². The monoisotopic (exact) mass is 616 g/mol. The zero-order chi connectivity index (χ0) is 25.8. The van der Waals surface area contributed by atoms with E-state index >= 15 is 17.6 Å². The molecule has 0 spiro atoms. The summed E-state index contributed by atoms with van der Waals surface area (Å²) in [6.45, 7) is 2.41. The van der Waals surface area contributed by atoms with E-state index in [1.165, 1.54) is 0 Å². The van der Waals surface area contributed by atoms with Crippen molar-refractivity contribution in [2.45, 2.75) is 111 Å². The van der Waals surface area contributed by atoms with Crippen molar-refractivity contribution in [1.82, 2.24) is 0 Å². The van der Waals surface area contributed by atoms with E-state index in [9.17, 15) is 26.3 Å². The van der Waals surface area contributed by atoms with E-state index in [0.29, 0.717) is 25.7 Å². The zero-order valence-corrected chi connectivity index (χ0v) is 21.8. The summed E-state index contributed by atoms with van der Waals surface area (Å²) in [5.74, 6) is 0. The Kier molecular flexibility index (Phi) is 14.6. The van der Waals surface area contributed by atoms with Crippen molar-refractivity contribution in [2.75, 3.05) is 13.2 Å². The van der Waals surface area contributed by atoms with Gasteiger partial charge >= 0.3 is 194 Å². The first-order valence-electron chi connectivity index (χ1n) is 11.2. The average molecular weight is 615 g/mol. The summed E-state index contributed by atoms with van der Waals surface area (Å²) < 4.78 is 137. The number of alkyl halides is 10. The van der Waals surface area contributed by atoms with Crippen LogP contribution in [0.1, 0.15) is 90.9 Å². The Morgan fingerprint density at radius 2 is 0.818 bits per heavy atom. The molecular weight excluding hydrogens is 581 g/mol. The van der Waals surface area contributed by atoms with Crippen molar-refractivity contribution in [3.63, 3.8) is 0 Å². The van der Waals surface area contributed by atoms with E-state index in [4.69, 9.17) is 6.15 Å². The van der Waals surface area contributed by atoms with Crippen molar-refractivity contribution >= 4 is 19.2 Å². The Morgan fingerprint density at radius 1 is 0.485 bits per heavy atom. The van der Waals surface area contributed by atoms with Gasteiger partial charge in [0.25, 0.3) is 0 Å². The molecule has 33 heavy (non-hydrogen) atoms. The van der Waals surface area contributed by atoms with Gasteiger partial charge in [-0.05, 0) is 0 Å². The molecule has 0 amide bonds. The van der Waals surface area contributed by atoms with E-state index in [2.05, 4.69) is 0 Å². The molecule has 13 heteroatoms. The van der Waals surface area contributed by atoms with Gasteiger partial charge in [0, 0.05) is 0 Å². The fourth-order valence-corrected chi connectivity index (χ4v) is 12.4. The molecule has 0 rings (SSSR count). The molecule has 0 unspecified atom stereocenters. The summed E-state index contributed by atoms with van der Waals surface area (Å²) in [4.78, 5) is 0. The third-order valence-electron chi connectivity index (χ3n) is 5.01. The topological polar surface area (TPSA) is 18.5 Å². The number of hydrogen-bond acceptors (Lipinski definition) is 2. The SMILES string of the molecule is CCCCCC[O][Sn]([O]CCCCCC)([C](F)(F)CCC(F)(F)F)[C](F)(F)CCC(F)(F)F. The minimum atomic E-state index is -7.26. The molecule has 0 aliphatic carbocycles. The van der Waals surface area contributed by atoms with Crippen molar-refractivity contribution < 1.29 is 50.1 Å². The van der Waals surface area contributed by atoms with Crippen LogP contribution in [0.15, 0.2) is 0 Å². The molecule has 0 saturated heterocycles. The third-order valence-corrected chi connectivity index (χ3v) is 15.4. The van der Waals surface area contributed by atoms with Crippen molar-refractivity contribution in [3.05, 3.63) is 0 Å². The number of rotatable bonds is 18. The van der Waals surface area contributed by atoms with Gasteiger partial charge in [-0.1, -0.05) is 0 Å². The first-order valence-corrected chi connectivity index (χ1v) is 16.4. The Balaban J connectivity index is 6.01. The third kappa shape index (κ3) is 12.5. The Morgan fingerprint density at radius 3 is 1.09 bits per heavy atom. The molecular formula is C20H34F10O2Sn. The first-order chi connectivity index (χ1) is 15.0. The molecule has 0 atom stereocenters. The van der Waals surface area contributed by atoms with Crippen molar-refractivity contribution in [1.29, 1.82) is 0 Å². The first kappa shape index (κ1) is 33.0. The Hall–Kier alpha value is 0.0187. The molecule has 200 valence electrons. The second-order valence-electron chi connectivity index (χ2n) is 8.07. The summed E-state index contributed by atoms with van der Waals surface area (Å²) in [5.41, 5.74) is 0. The fraction of sp³-hybridized carbons (Fsp3) is 1.00. The molecule has 2 nitrogen and oxygen atoms in total. The molecule has 0 aliphatic rings. The van der Waals surface area contributed by atoms with Gasteiger partial charge in [0.05, 0.1) is 0 Å². The van der Waals surface area contributed by atoms with E-state index in [0.717, 1.165) is 12.8 Å². The molecule has 0 radical (unpaired) electrons. The van der Waals surface area contributed by atoms with Gasteiger partial charge in [-0.15, -0.1) is 0 Å². The molecule has 0 fully saturated rings. The Labute approximate surface area is 193 Å². The van der Waals surface area contributed by atoms with Gasteiger partial charge in [-0.25, -0.2) is 0 Å². The summed E-state index contributed by atoms with van der Waals surface area (Å²) in [5, 5.41) is 0. The van der Waals surface area contributed by atoms with Crippen LogP contribution in [0.3, 0.4) is 0 Å². The van der Waals surface area contributed by atoms with E-state index in [1.54, 1.807) is 0 Å².